The van der Waals surface area contributed by atoms with Gasteiger partial charge in [-0.15, -0.1) is 0 Å². The number of amides is 1. The van der Waals surface area contributed by atoms with Gasteiger partial charge < -0.3 is 20.3 Å². The molecule has 19 heavy (non-hydrogen) atoms. The molecule has 5 nitrogen and oxygen atoms in total. The molecule has 0 saturated carbocycles. The Bertz CT molecular complexity index is 419. The molecule has 1 aromatic carbocycles. The zero-order valence-electron chi connectivity index (χ0n) is 11.5. The van der Waals surface area contributed by atoms with Crippen LogP contribution in [0.3, 0.4) is 0 Å². The number of nitrogens with zero attached hydrogens (tertiary/aromatic N) is 1. The van der Waals surface area contributed by atoms with Gasteiger partial charge in [-0.05, 0) is 24.7 Å². The Morgan fingerprint density at radius 1 is 1.47 bits per heavy atom. The van der Waals surface area contributed by atoms with E-state index in [0.29, 0.717) is 6.54 Å². The number of carbonyl (C=O) groups excluding carboxylic acids is 1. The van der Waals surface area contributed by atoms with Crippen LogP contribution in [0, 0.1) is 0 Å². The molecule has 0 radical (unpaired) electrons. The summed E-state index contributed by atoms with van der Waals surface area (Å²) in [5.74, 6) is 0.882. The highest BCUT2D eigenvalue weighted by Crippen LogP contribution is 2.11. The summed E-state index contributed by atoms with van der Waals surface area (Å²) in [5, 5.41) is 6.19. The van der Waals surface area contributed by atoms with E-state index in [9.17, 15) is 4.79 Å². The van der Waals surface area contributed by atoms with Gasteiger partial charge in [0.2, 0.25) is 5.91 Å². The maximum absolute atomic E-state index is 12.0. The number of nitrogens with one attached hydrogen (secondary N) is 2. The highest BCUT2D eigenvalue weighted by Gasteiger charge is 2.22. The molecule has 1 amide bonds. The number of piperazine rings is 1. The lowest BCUT2D eigenvalue weighted by Crippen LogP contribution is -2.55. The molecule has 104 valence electrons. The molecular formula is C14H21N3O2. The van der Waals surface area contributed by atoms with Crippen LogP contribution in [0.4, 0.5) is 0 Å². The predicted octanol–water partition coefficient (Wildman–Crippen LogP) is 0.215. The van der Waals surface area contributed by atoms with Crippen molar-refractivity contribution in [2.75, 3.05) is 33.8 Å². The highest BCUT2D eigenvalue weighted by molar-refractivity contribution is 5.82. The lowest BCUT2D eigenvalue weighted by atomic mass is 10.2. The average Bonchev–Trinajstić information content (AvgIpc) is 2.45. The third-order valence-electron chi connectivity index (χ3n) is 3.32. The summed E-state index contributed by atoms with van der Waals surface area (Å²) in [6.07, 6.45) is 0. The monoisotopic (exact) mass is 263 g/mol. The third-order valence-corrected chi connectivity index (χ3v) is 3.32. The highest BCUT2D eigenvalue weighted by atomic mass is 16.5. The number of likely N-dealkylation sites (N-methyl/N-ethyl adjacent to an activating group) is 1. The smallest absolute Gasteiger partial charge is 0.238 e. The summed E-state index contributed by atoms with van der Waals surface area (Å²) in [7, 11) is 3.67. The van der Waals surface area contributed by atoms with Crippen molar-refractivity contribution in [2.24, 2.45) is 0 Å². The topological polar surface area (TPSA) is 53.6 Å². The van der Waals surface area contributed by atoms with Crippen LogP contribution in [0.25, 0.3) is 0 Å². The average molecular weight is 263 g/mol. The maximum Gasteiger partial charge on any atom is 0.238 e. The van der Waals surface area contributed by atoms with Crippen LogP contribution in [-0.2, 0) is 11.3 Å². The minimum Gasteiger partial charge on any atom is -0.497 e. The fraction of sp³-hybridized carbons (Fsp3) is 0.500. The zero-order valence-corrected chi connectivity index (χ0v) is 11.5. The van der Waals surface area contributed by atoms with Gasteiger partial charge in [-0.2, -0.15) is 0 Å². The Labute approximate surface area is 113 Å². The minimum absolute atomic E-state index is 0.0577. The lowest BCUT2D eigenvalue weighted by Gasteiger charge is -2.29. The van der Waals surface area contributed by atoms with Gasteiger partial charge in [-0.3, -0.25) is 4.79 Å². The molecule has 2 N–H and O–H groups in total. The van der Waals surface area contributed by atoms with Crippen molar-refractivity contribution in [3.05, 3.63) is 29.8 Å². The number of hydrogen-bond donors (Lipinski definition) is 2. The van der Waals surface area contributed by atoms with E-state index in [1.54, 1.807) is 7.11 Å². The minimum atomic E-state index is -0.114. The quantitative estimate of drug-likeness (QED) is 0.816. The molecule has 1 unspecified atom stereocenters. The van der Waals surface area contributed by atoms with Crippen molar-refractivity contribution in [1.29, 1.82) is 0 Å². The van der Waals surface area contributed by atoms with Crippen LogP contribution in [0.5, 0.6) is 5.75 Å². The molecular weight excluding hydrogens is 242 g/mol. The number of rotatable bonds is 4. The Morgan fingerprint density at radius 3 is 2.84 bits per heavy atom. The number of benzene rings is 1. The van der Waals surface area contributed by atoms with E-state index < -0.39 is 0 Å². The van der Waals surface area contributed by atoms with Gasteiger partial charge >= 0.3 is 0 Å². The van der Waals surface area contributed by atoms with Crippen LogP contribution in [-0.4, -0.2) is 50.6 Å². The predicted molar refractivity (Wildman–Crippen MR) is 74.1 cm³/mol. The Morgan fingerprint density at radius 2 is 2.21 bits per heavy atom. The second-order valence-electron chi connectivity index (χ2n) is 4.83. The Kier molecular flexibility index (Phi) is 4.76. The number of ether oxygens (including phenoxy) is 1. The maximum atomic E-state index is 12.0. The molecule has 0 bridgehead atoms. The molecule has 5 heteroatoms. The van der Waals surface area contributed by atoms with Gasteiger partial charge in [0.25, 0.3) is 0 Å². The van der Waals surface area contributed by atoms with E-state index in [4.69, 9.17) is 4.74 Å². The molecule has 0 aromatic heterocycles. The number of methoxy groups -OCH3 is 1. The van der Waals surface area contributed by atoms with E-state index in [-0.39, 0.29) is 11.9 Å². The summed E-state index contributed by atoms with van der Waals surface area (Å²) < 4.78 is 5.10. The van der Waals surface area contributed by atoms with Crippen molar-refractivity contribution in [1.82, 2.24) is 15.5 Å². The summed E-state index contributed by atoms with van der Waals surface area (Å²) in [6.45, 7) is 3.15. The van der Waals surface area contributed by atoms with Crippen molar-refractivity contribution >= 4 is 5.91 Å². The van der Waals surface area contributed by atoms with E-state index >= 15 is 0 Å². The van der Waals surface area contributed by atoms with E-state index in [0.717, 1.165) is 30.9 Å². The van der Waals surface area contributed by atoms with Crippen molar-refractivity contribution in [2.45, 2.75) is 12.6 Å². The molecule has 1 atom stereocenters. The van der Waals surface area contributed by atoms with Crippen LogP contribution < -0.4 is 15.4 Å². The Hall–Kier alpha value is -1.59. The first kappa shape index (κ1) is 13.8. The second kappa shape index (κ2) is 6.54. The second-order valence-corrected chi connectivity index (χ2v) is 4.83. The summed E-state index contributed by atoms with van der Waals surface area (Å²) in [6, 6.07) is 7.60. The first-order valence-electron chi connectivity index (χ1n) is 6.51. The van der Waals surface area contributed by atoms with E-state index in [2.05, 4.69) is 15.5 Å². The van der Waals surface area contributed by atoms with Crippen LogP contribution >= 0.6 is 0 Å². The van der Waals surface area contributed by atoms with Gasteiger partial charge in [0, 0.05) is 26.2 Å². The van der Waals surface area contributed by atoms with Gasteiger partial charge in [0.15, 0.2) is 0 Å². The Balaban J connectivity index is 1.82. The fourth-order valence-corrected chi connectivity index (χ4v) is 2.13. The first-order valence-corrected chi connectivity index (χ1v) is 6.51. The molecule has 2 rings (SSSR count). The lowest BCUT2D eigenvalue weighted by molar-refractivity contribution is -0.124. The van der Waals surface area contributed by atoms with Gasteiger partial charge in [-0.1, -0.05) is 12.1 Å². The van der Waals surface area contributed by atoms with Gasteiger partial charge in [0.05, 0.1) is 13.2 Å². The SMILES string of the molecule is COc1ccc(CNC(=O)C2CN(C)CCN2)cc1. The van der Waals surface area contributed by atoms with E-state index in [1.807, 2.05) is 31.3 Å². The summed E-state index contributed by atoms with van der Waals surface area (Å²) >= 11 is 0. The first-order chi connectivity index (χ1) is 9.19. The molecule has 0 aliphatic carbocycles. The zero-order chi connectivity index (χ0) is 13.7. The summed E-state index contributed by atoms with van der Waals surface area (Å²) in [5.41, 5.74) is 1.07. The molecule has 1 aliphatic heterocycles. The van der Waals surface area contributed by atoms with E-state index in [1.165, 1.54) is 0 Å². The molecule has 1 saturated heterocycles. The molecule has 1 fully saturated rings. The van der Waals surface area contributed by atoms with Crippen molar-refractivity contribution in [3.8, 4) is 5.75 Å². The molecule has 1 aromatic rings. The van der Waals surface area contributed by atoms with Crippen molar-refractivity contribution < 1.29 is 9.53 Å². The fourth-order valence-electron chi connectivity index (χ4n) is 2.13. The van der Waals surface area contributed by atoms with Crippen LogP contribution in [0.1, 0.15) is 5.56 Å². The largest absolute Gasteiger partial charge is 0.497 e. The van der Waals surface area contributed by atoms with Gasteiger partial charge in [-0.25, -0.2) is 0 Å². The van der Waals surface area contributed by atoms with Crippen LogP contribution in [0.15, 0.2) is 24.3 Å². The van der Waals surface area contributed by atoms with Gasteiger partial charge in [0.1, 0.15) is 5.75 Å². The number of hydrogen-bond acceptors (Lipinski definition) is 4. The summed E-state index contributed by atoms with van der Waals surface area (Å²) in [4.78, 5) is 14.2. The normalized spacial score (nSPS) is 20.0. The standard InChI is InChI=1S/C14H21N3O2/c1-17-8-7-15-13(10-17)14(18)16-9-11-3-5-12(19-2)6-4-11/h3-6,13,15H,7-10H2,1-2H3,(H,16,18). The molecule has 0 spiro atoms. The molecule has 1 heterocycles. The van der Waals surface area contributed by atoms with Crippen LogP contribution in [0.2, 0.25) is 0 Å². The third kappa shape index (κ3) is 3.94. The van der Waals surface area contributed by atoms with Crippen molar-refractivity contribution in [3.63, 3.8) is 0 Å². The number of carbonyl (C=O) groups is 1. The molecule has 1 aliphatic rings.